The smallest absolute Gasteiger partial charge is 0.150 e. The SMILES string of the molecule is CCC(CC)Nc1c(F)cc(N)c2cccnc12. The maximum absolute atomic E-state index is 14.0. The number of nitrogens with zero attached hydrogens (tertiary/aromatic N) is 1. The van der Waals surface area contributed by atoms with E-state index in [-0.39, 0.29) is 11.9 Å². The van der Waals surface area contributed by atoms with Crippen molar-refractivity contribution in [3.63, 3.8) is 0 Å². The molecule has 0 aliphatic rings. The highest BCUT2D eigenvalue weighted by Gasteiger charge is 2.14. The minimum absolute atomic E-state index is 0.244. The molecule has 2 aromatic rings. The van der Waals surface area contributed by atoms with E-state index in [1.165, 1.54) is 6.07 Å². The summed E-state index contributed by atoms with van der Waals surface area (Å²) in [6.45, 7) is 4.15. The third-order valence-electron chi connectivity index (χ3n) is 3.21. The number of fused-ring (bicyclic) bond motifs is 1. The van der Waals surface area contributed by atoms with Gasteiger partial charge >= 0.3 is 0 Å². The van der Waals surface area contributed by atoms with Crippen molar-refractivity contribution in [1.82, 2.24) is 4.98 Å². The third-order valence-corrected chi connectivity index (χ3v) is 3.21. The lowest BCUT2D eigenvalue weighted by Crippen LogP contribution is -2.18. The number of pyridine rings is 1. The zero-order valence-corrected chi connectivity index (χ0v) is 10.7. The van der Waals surface area contributed by atoms with E-state index in [0.29, 0.717) is 16.9 Å². The van der Waals surface area contributed by atoms with Crippen LogP contribution in [0.15, 0.2) is 24.4 Å². The summed E-state index contributed by atoms with van der Waals surface area (Å²) in [5, 5.41) is 4.01. The second kappa shape index (κ2) is 5.21. The van der Waals surface area contributed by atoms with Gasteiger partial charge in [0.2, 0.25) is 0 Å². The number of hydrogen-bond donors (Lipinski definition) is 2. The molecule has 0 amide bonds. The van der Waals surface area contributed by atoms with E-state index in [1.807, 2.05) is 6.07 Å². The minimum Gasteiger partial charge on any atom is -0.398 e. The van der Waals surface area contributed by atoms with Gasteiger partial charge in [0.05, 0.1) is 11.2 Å². The molecule has 0 unspecified atom stereocenters. The van der Waals surface area contributed by atoms with Crippen LogP contribution in [-0.2, 0) is 0 Å². The Kier molecular flexibility index (Phi) is 3.65. The minimum atomic E-state index is -0.342. The van der Waals surface area contributed by atoms with Gasteiger partial charge in [0.1, 0.15) is 0 Å². The van der Waals surface area contributed by atoms with Gasteiger partial charge in [-0.3, -0.25) is 4.98 Å². The van der Waals surface area contributed by atoms with Crippen LogP contribution < -0.4 is 11.1 Å². The fourth-order valence-corrected chi connectivity index (χ4v) is 2.07. The van der Waals surface area contributed by atoms with Crippen molar-refractivity contribution >= 4 is 22.3 Å². The van der Waals surface area contributed by atoms with Gasteiger partial charge in [0, 0.05) is 23.3 Å². The van der Waals surface area contributed by atoms with E-state index in [0.717, 1.165) is 18.2 Å². The Morgan fingerprint density at radius 2 is 2.11 bits per heavy atom. The molecule has 0 spiro atoms. The van der Waals surface area contributed by atoms with Crippen LogP contribution in [0.4, 0.5) is 15.8 Å². The van der Waals surface area contributed by atoms with Crippen molar-refractivity contribution in [2.75, 3.05) is 11.1 Å². The lowest BCUT2D eigenvalue weighted by molar-refractivity contribution is 0.618. The summed E-state index contributed by atoms with van der Waals surface area (Å²) in [5.74, 6) is -0.342. The topological polar surface area (TPSA) is 50.9 Å². The van der Waals surface area contributed by atoms with Gasteiger partial charge in [0.15, 0.2) is 5.82 Å². The Hall–Kier alpha value is -1.84. The molecule has 18 heavy (non-hydrogen) atoms. The molecule has 0 aliphatic carbocycles. The molecule has 1 aromatic heterocycles. The number of aromatic nitrogens is 1. The Balaban J connectivity index is 2.55. The van der Waals surface area contributed by atoms with Crippen molar-refractivity contribution in [3.05, 3.63) is 30.2 Å². The molecular formula is C14H18FN3. The number of rotatable bonds is 4. The molecule has 96 valence electrons. The second-order valence-electron chi connectivity index (χ2n) is 4.38. The number of hydrogen-bond acceptors (Lipinski definition) is 3. The average Bonchev–Trinajstić information content (AvgIpc) is 2.39. The summed E-state index contributed by atoms with van der Waals surface area (Å²) in [6, 6.07) is 5.26. The van der Waals surface area contributed by atoms with Gasteiger partial charge in [-0.05, 0) is 31.0 Å². The van der Waals surface area contributed by atoms with E-state index in [9.17, 15) is 4.39 Å². The predicted molar refractivity (Wildman–Crippen MR) is 74.1 cm³/mol. The molecule has 0 saturated heterocycles. The van der Waals surface area contributed by atoms with Crippen molar-refractivity contribution < 1.29 is 4.39 Å². The van der Waals surface area contributed by atoms with E-state index in [4.69, 9.17) is 5.73 Å². The maximum Gasteiger partial charge on any atom is 0.150 e. The largest absolute Gasteiger partial charge is 0.398 e. The van der Waals surface area contributed by atoms with Crippen LogP contribution in [0.25, 0.3) is 10.9 Å². The number of nitrogens with one attached hydrogen (secondary N) is 1. The normalized spacial score (nSPS) is 11.1. The summed E-state index contributed by atoms with van der Waals surface area (Å²) >= 11 is 0. The van der Waals surface area contributed by atoms with Crippen molar-refractivity contribution in [3.8, 4) is 0 Å². The third kappa shape index (κ3) is 2.23. The van der Waals surface area contributed by atoms with Gasteiger partial charge in [-0.2, -0.15) is 0 Å². The maximum atomic E-state index is 14.0. The van der Waals surface area contributed by atoms with Crippen LogP contribution in [-0.4, -0.2) is 11.0 Å². The van der Waals surface area contributed by atoms with Crippen LogP contribution in [0, 0.1) is 5.82 Å². The first-order valence-corrected chi connectivity index (χ1v) is 6.26. The molecule has 0 aliphatic heterocycles. The number of nitrogens with two attached hydrogens (primary N) is 1. The molecule has 0 radical (unpaired) electrons. The molecule has 0 bridgehead atoms. The summed E-state index contributed by atoms with van der Waals surface area (Å²) < 4.78 is 14.0. The number of nitrogen functional groups attached to an aromatic ring is 1. The molecule has 0 fully saturated rings. The van der Waals surface area contributed by atoms with Gasteiger partial charge in [-0.1, -0.05) is 13.8 Å². The van der Waals surface area contributed by atoms with Gasteiger partial charge in [-0.15, -0.1) is 0 Å². The highest BCUT2D eigenvalue weighted by molar-refractivity contribution is 5.98. The van der Waals surface area contributed by atoms with E-state index in [2.05, 4.69) is 24.1 Å². The highest BCUT2D eigenvalue weighted by Crippen LogP contribution is 2.30. The Morgan fingerprint density at radius 1 is 1.39 bits per heavy atom. The van der Waals surface area contributed by atoms with E-state index in [1.54, 1.807) is 12.3 Å². The quantitative estimate of drug-likeness (QED) is 0.812. The molecular weight excluding hydrogens is 229 g/mol. The predicted octanol–water partition coefficient (Wildman–Crippen LogP) is 3.56. The Labute approximate surface area is 106 Å². The molecule has 1 aromatic carbocycles. The second-order valence-corrected chi connectivity index (χ2v) is 4.38. The molecule has 2 rings (SSSR count). The van der Waals surface area contributed by atoms with Crippen LogP contribution in [0.3, 0.4) is 0 Å². The zero-order chi connectivity index (χ0) is 13.1. The van der Waals surface area contributed by atoms with E-state index < -0.39 is 0 Å². The molecule has 3 nitrogen and oxygen atoms in total. The first kappa shape index (κ1) is 12.6. The first-order chi connectivity index (χ1) is 8.67. The highest BCUT2D eigenvalue weighted by atomic mass is 19.1. The molecule has 4 heteroatoms. The lowest BCUT2D eigenvalue weighted by Gasteiger charge is -2.18. The summed E-state index contributed by atoms with van der Waals surface area (Å²) in [7, 11) is 0. The fourth-order valence-electron chi connectivity index (χ4n) is 2.07. The standard InChI is InChI=1S/C14H18FN3/c1-3-9(4-2)18-14-11(15)8-12(16)10-6-5-7-17-13(10)14/h5-9,18H,3-4,16H2,1-2H3. The molecule has 0 atom stereocenters. The van der Waals surface area contributed by atoms with Crippen molar-refractivity contribution in [2.45, 2.75) is 32.7 Å². The Bertz CT molecular complexity index is 550. The summed E-state index contributed by atoms with van der Waals surface area (Å²) in [4.78, 5) is 4.24. The van der Waals surface area contributed by atoms with Crippen molar-refractivity contribution in [2.24, 2.45) is 0 Å². The van der Waals surface area contributed by atoms with Crippen molar-refractivity contribution in [1.29, 1.82) is 0 Å². The van der Waals surface area contributed by atoms with Gasteiger partial charge in [0.25, 0.3) is 0 Å². The van der Waals surface area contributed by atoms with Gasteiger partial charge in [-0.25, -0.2) is 4.39 Å². The molecule has 1 heterocycles. The summed E-state index contributed by atoms with van der Waals surface area (Å²) in [5.41, 5.74) is 7.29. The van der Waals surface area contributed by atoms with Gasteiger partial charge < -0.3 is 11.1 Å². The van der Waals surface area contributed by atoms with E-state index >= 15 is 0 Å². The number of benzene rings is 1. The van der Waals surface area contributed by atoms with Crippen LogP contribution in [0.1, 0.15) is 26.7 Å². The van der Waals surface area contributed by atoms with Crippen LogP contribution in [0.5, 0.6) is 0 Å². The number of anilines is 2. The lowest BCUT2D eigenvalue weighted by atomic mass is 10.1. The molecule has 3 N–H and O–H groups in total. The monoisotopic (exact) mass is 247 g/mol. The molecule has 0 saturated carbocycles. The fraction of sp³-hybridized carbons (Fsp3) is 0.357. The first-order valence-electron chi connectivity index (χ1n) is 6.26. The zero-order valence-electron chi connectivity index (χ0n) is 10.7. The average molecular weight is 247 g/mol. The van der Waals surface area contributed by atoms with Crippen LogP contribution in [0.2, 0.25) is 0 Å². The summed E-state index contributed by atoms with van der Waals surface area (Å²) in [6.07, 6.45) is 3.53. The Morgan fingerprint density at radius 3 is 2.78 bits per heavy atom. The number of halogens is 1. The van der Waals surface area contributed by atoms with Crippen LogP contribution >= 0.6 is 0 Å².